The number of hydrogen-bond acceptors (Lipinski definition) is 2. The van der Waals surface area contributed by atoms with Gasteiger partial charge in [0, 0.05) is 18.5 Å². The molecule has 0 unspecified atom stereocenters. The lowest BCUT2D eigenvalue weighted by Crippen LogP contribution is -2.41. The minimum Gasteiger partial charge on any atom is -0.332 e. The summed E-state index contributed by atoms with van der Waals surface area (Å²) in [5.41, 5.74) is 0.704. The number of carbonyl (C=O) groups excluding carboxylic acids is 2. The highest BCUT2D eigenvalue weighted by atomic mass is 16.2. The molecule has 1 aliphatic rings. The summed E-state index contributed by atoms with van der Waals surface area (Å²) in [6.07, 6.45) is 3.12. The first kappa shape index (κ1) is 12.8. The van der Waals surface area contributed by atoms with Gasteiger partial charge in [-0.25, -0.2) is 0 Å². The number of benzene rings is 1. The Morgan fingerprint density at radius 3 is 2.61 bits per heavy atom. The summed E-state index contributed by atoms with van der Waals surface area (Å²) in [6, 6.07) is 9.00. The topological polar surface area (TPSA) is 37.4 Å². The van der Waals surface area contributed by atoms with Crippen LogP contribution in [-0.4, -0.2) is 29.2 Å². The third kappa shape index (κ3) is 2.61. The van der Waals surface area contributed by atoms with Crippen molar-refractivity contribution in [3.05, 3.63) is 35.9 Å². The van der Waals surface area contributed by atoms with E-state index in [1.54, 1.807) is 4.90 Å². The molecule has 0 N–H and O–H groups in total. The molecule has 1 saturated heterocycles. The molecular formula is C15H19NO2. The summed E-state index contributed by atoms with van der Waals surface area (Å²) >= 11 is 0. The van der Waals surface area contributed by atoms with Crippen molar-refractivity contribution >= 4 is 11.7 Å². The number of Topliss-reactive ketones (excluding diaryl/α,β-unsaturated/α-hetero) is 1. The predicted octanol–water partition coefficient (Wildman–Crippen LogP) is 2.66. The normalized spacial score (nSPS) is 16.9. The van der Waals surface area contributed by atoms with Crippen LogP contribution in [0, 0.1) is 0 Å². The molecule has 1 aliphatic heterocycles. The Bertz CT molecular complexity index is 427. The number of rotatable bonds is 5. The SMILES string of the molecule is CCC[C@@H](C(=O)c1ccccc1)N1CCCC1=O. The number of hydrogen-bond donors (Lipinski definition) is 0. The van der Waals surface area contributed by atoms with Crippen molar-refractivity contribution in [2.75, 3.05) is 6.54 Å². The second-order valence-electron chi connectivity index (χ2n) is 4.73. The van der Waals surface area contributed by atoms with Crippen LogP contribution in [0.1, 0.15) is 43.0 Å². The predicted molar refractivity (Wildman–Crippen MR) is 70.4 cm³/mol. The Hall–Kier alpha value is -1.64. The maximum atomic E-state index is 12.5. The number of ketones is 1. The fraction of sp³-hybridized carbons (Fsp3) is 0.467. The van der Waals surface area contributed by atoms with Crippen molar-refractivity contribution in [2.45, 2.75) is 38.6 Å². The summed E-state index contributed by atoms with van der Waals surface area (Å²) in [7, 11) is 0. The molecule has 1 aromatic rings. The molecule has 0 aromatic heterocycles. The van der Waals surface area contributed by atoms with E-state index in [2.05, 4.69) is 0 Å². The minimum absolute atomic E-state index is 0.0766. The highest BCUT2D eigenvalue weighted by Gasteiger charge is 2.32. The van der Waals surface area contributed by atoms with Gasteiger partial charge in [0.15, 0.2) is 5.78 Å². The van der Waals surface area contributed by atoms with E-state index in [9.17, 15) is 9.59 Å². The monoisotopic (exact) mass is 245 g/mol. The lowest BCUT2D eigenvalue weighted by molar-refractivity contribution is -0.129. The van der Waals surface area contributed by atoms with Crippen molar-refractivity contribution < 1.29 is 9.59 Å². The van der Waals surface area contributed by atoms with E-state index in [0.717, 1.165) is 25.8 Å². The highest BCUT2D eigenvalue weighted by Crippen LogP contribution is 2.20. The first-order valence-corrected chi connectivity index (χ1v) is 6.62. The third-order valence-corrected chi connectivity index (χ3v) is 3.41. The molecule has 0 saturated carbocycles. The van der Waals surface area contributed by atoms with Crippen molar-refractivity contribution in [1.82, 2.24) is 4.90 Å². The first-order chi connectivity index (χ1) is 8.74. The minimum atomic E-state index is -0.271. The Balaban J connectivity index is 2.19. The second kappa shape index (κ2) is 5.80. The van der Waals surface area contributed by atoms with Gasteiger partial charge in [0.1, 0.15) is 0 Å². The Labute approximate surface area is 108 Å². The summed E-state index contributed by atoms with van der Waals surface area (Å²) in [5.74, 6) is 0.199. The van der Waals surface area contributed by atoms with Crippen molar-refractivity contribution in [3.63, 3.8) is 0 Å². The second-order valence-corrected chi connectivity index (χ2v) is 4.73. The van der Waals surface area contributed by atoms with Gasteiger partial charge < -0.3 is 4.90 Å². The number of amides is 1. The molecule has 1 amide bonds. The van der Waals surface area contributed by atoms with Gasteiger partial charge in [-0.3, -0.25) is 9.59 Å². The maximum absolute atomic E-state index is 12.5. The summed E-state index contributed by atoms with van der Waals surface area (Å²) in [6.45, 7) is 2.77. The van der Waals surface area contributed by atoms with Gasteiger partial charge in [0.05, 0.1) is 6.04 Å². The molecule has 1 heterocycles. The standard InChI is InChI=1S/C15H19NO2/c1-2-7-13(16-11-6-10-14(16)17)15(18)12-8-4-3-5-9-12/h3-5,8-9,13H,2,6-7,10-11H2,1H3/t13-/m0/s1. The molecule has 1 aromatic carbocycles. The van der Waals surface area contributed by atoms with Gasteiger partial charge >= 0.3 is 0 Å². The van der Waals surface area contributed by atoms with Gasteiger partial charge in [0.25, 0.3) is 0 Å². The molecular weight excluding hydrogens is 226 g/mol. The van der Waals surface area contributed by atoms with Crippen LogP contribution in [0.3, 0.4) is 0 Å². The summed E-state index contributed by atoms with van der Waals surface area (Å²) < 4.78 is 0. The molecule has 18 heavy (non-hydrogen) atoms. The number of nitrogens with zero attached hydrogens (tertiary/aromatic N) is 1. The maximum Gasteiger partial charge on any atom is 0.223 e. The number of carbonyl (C=O) groups is 2. The van der Waals surface area contributed by atoms with Crippen LogP contribution in [0.15, 0.2) is 30.3 Å². The third-order valence-electron chi connectivity index (χ3n) is 3.41. The summed E-state index contributed by atoms with van der Waals surface area (Å²) in [4.78, 5) is 26.0. The van der Waals surface area contributed by atoms with Crippen LogP contribution in [-0.2, 0) is 4.79 Å². The zero-order valence-corrected chi connectivity index (χ0v) is 10.8. The highest BCUT2D eigenvalue weighted by molar-refractivity contribution is 6.02. The van der Waals surface area contributed by atoms with Gasteiger partial charge in [-0.15, -0.1) is 0 Å². The van der Waals surface area contributed by atoms with Crippen LogP contribution < -0.4 is 0 Å². The lowest BCUT2D eigenvalue weighted by Gasteiger charge is -2.26. The van der Waals surface area contributed by atoms with E-state index >= 15 is 0 Å². The average Bonchev–Trinajstić information content (AvgIpc) is 2.82. The smallest absolute Gasteiger partial charge is 0.223 e. The van der Waals surface area contributed by atoms with Gasteiger partial charge in [-0.1, -0.05) is 43.7 Å². The van der Waals surface area contributed by atoms with E-state index in [4.69, 9.17) is 0 Å². The van der Waals surface area contributed by atoms with Crippen molar-refractivity contribution in [1.29, 1.82) is 0 Å². The molecule has 1 fully saturated rings. The number of likely N-dealkylation sites (tertiary alicyclic amines) is 1. The van der Waals surface area contributed by atoms with Crippen LogP contribution in [0.25, 0.3) is 0 Å². The van der Waals surface area contributed by atoms with E-state index in [1.165, 1.54) is 0 Å². The Morgan fingerprint density at radius 1 is 1.33 bits per heavy atom. The Kier molecular flexibility index (Phi) is 4.13. The van der Waals surface area contributed by atoms with E-state index in [-0.39, 0.29) is 17.7 Å². The van der Waals surface area contributed by atoms with Crippen molar-refractivity contribution in [3.8, 4) is 0 Å². The zero-order chi connectivity index (χ0) is 13.0. The fourth-order valence-corrected chi connectivity index (χ4v) is 2.50. The van der Waals surface area contributed by atoms with Crippen LogP contribution >= 0.6 is 0 Å². The van der Waals surface area contributed by atoms with Crippen molar-refractivity contribution in [2.24, 2.45) is 0 Å². The zero-order valence-electron chi connectivity index (χ0n) is 10.8. The molecule has 96 valence electrons. The van der Waals surface area contributed by atoms with Gasteiger partial charge in [-0.05, 0) is 12.8 Å². The van der Waals surface area contributed by atoms with Crippen LogP contribution in [0.4, 0.5) is 0 Å². The summed E-state index contributed by atoms with van der Waals surface area (Å²) in [5, 5.41) is 0. The van der Waals surface area contributed by atoms with E-state index in [0.29, 0.717) is 12.0 Å². The molecule has 0 radical (unpaired) electrons. The molecule has 2 rings (SSSR count). The van der Waals surface area contributed by atoms with Crippen LogP contribution in [0.5, 0.6) is 0 Å². The van der Waals surface area contributed by atoms with Crippen LogP contribution in [0.2, 0.25) is 0 Å². The molecule has 0 aliphatic carbocycles. The lowest BCUT2D eigenvalue weighted by atomic mass is 9.99. The molecule has 3 heteroatoms. The van der Waals surface area contributed by atoms with E-state index in [1.807, 2.05) is 37.3 Å². The molecule has 0 bridgehead atoms. The van der Waals surface area contributed by atoms with E-state index < -0.39 is 0 Å². The van der Waals surface area contributed by atoms with Gasteiger partial charge in [-0.2, -0.15) is 0 Å². The van der Waals surface area contributed by atoms with Gasteiger partial charge in [0.2, 0.25) is 5.91 Å². The molecule has 3 nitrogen and oxygen atoms in total. The Morgan fingerprint density at radius 2 is 2.06 bits per heavy atom. The molecule has 0 spiro atoms. The molecule has 1 atom stereocenters. The fourth-order valence-electron chi connectivity index (χ4n) is 2.50. The largest absolute Gasteiger partial charge is 0.332 e. The quantitative estimate of drug-likeness (QED) is 0.748. The first-order valence-electron chi connectivity index (χ1n) is 6.62. The average molecular weight is 245 g/mol.